The van der Waals surface area contributed by atoms with Gasteiger partial charge in [0.1, 0.15) is 11.6 Å². The summed E-state index contributed by atoms with van der Waals surface area (Å²) in [5.41, 5.74) is 0.161. The number of aliphatic carboxylic acids is 1. The highest BCUT2D eigenvalue weighted by atomic mass is 16.4. The topological polar surface area (TPSA) is 114 Å². The Morgan fingerprint density at radius 2 is 2.09 bits per heavy atom. The standard InChI is InChI=1S/C14H16N4O4/c1-2-10(14(21)22)15-12(19)7-8-18-13(20)9-5-3-4-6-11(9)16-17-18/h3-6,10H,2,7-8H2,1H3,(H,15,19)(H,21,22)/t10-/m0/s1. The molecule has 116 valence electrons. The van der Waals surface area contributed by atoms with Gasteiger partial charge >= 0.3 is 5.97 Å². The molecule has 1 amide bonds. The Kier molecular flexibility index (Phi) is 4.82. The average molecular weight is 304 g/mol. The summed E-state index contributed by atoms with van der Waals surface area (Å²) in [5, 5.41) is 19.4. The van der Waals surface area contributed by atoms with Gasteiger partial charge in [-0.25, -0.2) is 9.48 Å². The van der Waals surface area contributed by atoms with E-state index in [-0.39, 0.29) is 24.9 Å². The van der Waals surface area contributed by atoms with Crippen LogP contribution in [0.3, 0.4) is 0 Å². The second-order valence-corrected chi connectivity index (χ2v) is 4.75. The maximum atomic E-state index is 12.2. The van der Waals surface area contributed by atoms with E-state index < -0.39 is 17.9 Å². The summed E-state index contributed by atoms with van der Waals surface area (Å²) in [6, 6.07) is 5.87. The van der Waals surface area contributed by atoms with E-state index in [2.05, 4.69) is 15.6 Å². The van der Waals surface area contributed by atoms with Crippen molar-refractivity contribution in [1.29, 1.82) is 0 Å². The van der Waals surface area contributed by atoms with Gasteiger partial charge in [0.2, 0.25) is 5.91 Å². The Bertz CT molecular complexity index is 756. The second-order valence-electron chi connectivity index (χ2n) is 4.75. The molecule has 1 heterocycles. The lowest BCUT2D eigenvalue weighted by atomic mass is 10.2. The predicted octanol–water partition coefficient (Wildman–Crippen LogP) is 0.161. The molecule has 1 aromatic carbocycles. The molecule has 2 N–H and O–H groups in total. The van der Waals surface area contributed by atoms with Crippen molar-refractivity contribution in [2.75, 3.05) is 0 Å². The van der Waals surface area contributed by atoms with Gasteiger partial charge in [-0.2, -0.15) is 0 Å². The molecule has 1 atom stereocenters. The monoisotopic (exact) mass is 304 g/mol. The summed E-state index contributed by atoms with van der Waals surface area (Å²) >= 11 is 0. The van der Waals surface area contributed by atoms with E-state index in [4.69, 9.17) is 5.11 Å². The van der Waals surface area contributed by atoms with Crippen LogP contribution in [0.2, 0.25) is 0 Å². The first-order valence-electron chi connectivity index (χ1n) is 6.87. The zero-order valence-corrected chi connectivity index (χ0v) is 12.0. The van der Waals surface area contributed by atoms with E-state index >= 15 is 0 Å². The zero-order chi connectivity index (χ0) is 16.1. The summed E-state index contributed by atoms with van der Waals surface area (Å²) < 4.78 is 1.10. The van der Waals surface area contributed by atoms with Gasteiger partial charge in [0.25, 0.3) is 5.56 Å². The van der Waals surface area contributed by atoms with Crippen molar-refractivity contribution >= 4 is 22.8 Å². The maximum Gasteiger partial charge on any atom is 0.326 e. The van der Waals surface area contributed by atoms with Gasteiger partial charge in [-0.3, -0.25) is 9.59 Å². The zero-order valence-electron chi connectivity index (χ0n) is 12.0. The van der Waals surface area contributed by atoms with Crippen molar-refractivity contribution in [2.24, 2.45) is 0 Å². The highest BCUT2D eigenvalue weighted by molar-refractivity contribution is 5.83. The quantitative estimate of drug-likeness (QED) is 0.785. The van der Waals surface area contributed by atoms with Gasteiger partial charge in [-0.1, -0.05) is 24.3 Å². The fourth-order valence-electron chi connectivity index (χ4n) is 1.98. The molecule has 0 spiro atoms. The van der Waals surface area contributed by atoms with Crippen molar-refractivity contribution in [3.05, 3.63) is 34.6 Å². The summed E-state index contributed by atoms with van der Waals surface area (Å²) in [6.45, 7) is 1.71. The fraction of sp³-hybridized carbons (Fsp3) is 0.357. The summed E-state index contributed by atoms with van der Waals surface area (Å²) in [5.74, 6) is -1.53. The number of aromatic nitrogens is 3. The summed E-state index contributed by atoms with van der Waals surface area (Å²) in [7, 11) is 0. The van der Waals surface area contributed by atoms with Crippen LogP contribution < -0.4 is 10.9 Å². The third-order valence-electron chi connectivity index (χ3n) is 3.22. The van der Waals surface area contributed by atoms with Crippen molar-refractivity contribution < 1.29 is 14.7 Å². The number of carbonyl (C=O) groups is 2. The van der Waals surface area contributed by atoms with E-state index in [1.54, 1.807) is 31.2 Å². The molecule has 0 unspecified atom stereocenters. The highest BCUT2D eigenvalue weighted by Gasteiger charge is 2.17. The predicted molar refractivity (Wildman–Crippen MR) is 78.3 cm³/mol. The molecule has 0 saturated carbocycles. The molecule has 0 fully saturated rings. The lowest BCUT2D eigenvalue weighted by Gasteiger charge is -2.12. The number of aryl methyl sites for hydroxylation is 1. The van der Waals surface area contributed by atoms with Gasteiger partial charge in [-0.15, -0.1) is 5.10 Å². The molecule has 0 bridgehead atoms. The van der Waals surface area contributed by atoms with Crippen LogP contribution in [0.5, 0.6) is 0 Å². The van der Waals surface area contributed by atoms with E-state index in [1.165, 1.54) is 0 Å². The molecule has 0 aliphatic heterocycles. The van der Waals surface area contributed by atoms with Crippen LogP contribution in [-0.2, 0) is 16.1 Å². The molecule has 0 aliphatic rings. The van der Waals surface area contributed by atoms with Crippen LogP contribution in [0.4, 0.5) is 0 Å². The first-order valence-corrected chi connectivity index (χ1v) is 6.87. The van der Waals surface area contributed by atoms with Crippen LogP contribution in [0, 0.1) is 0 Å². The SMILES string of the molecule is CC[C@H](NC(=O)CCn1nnc2ccccc2c1=O)C(=O)O. The number of carboxylic acid groups (broad SMARTS) is 1. The fourth-order valence-corrected chi connectivity index (χ4v) is 1.98. The number of carboxylic acids is 1. The minimum Gasteiger partial charge on any atom is -0.480 e. The van der Waals surface area contributed by atoms with Gasteiger partial charge < -0.3 is 10.4 Å². The molecule has 0 aliphatic carbocycles. The number of hydrogen-bond acceptors (Lipinski definition) is 5. The number of rotatable bonds is 6. The molecule has 0 saturated heterocycles. The number of fused-ring (bicyclic) bond motifs is 1. The summed E-state index contributed by atoms with van der Waals surface area (Å²) in [4.78, 5) is 34.7. The first-order chi connectivity index (χ1) is 10.5. The molecule has 2 rings (SSSR count). The number of hydrogen-bond donors (Lipinski definition) is 2. The Morgan fingerprint density at radius 3 is 2.77 bits per heavy atom. The molecular weight excluding hydrogens is 288 g/mol. The Hall–Kier alpha value is -2.77. The van der Waals surface area contributed by atoms with Crippen LogP contribution in [0.15, 0.2) is 29.1 Å². The Morgan fingerprint density at radius 1 is 1.36 bits per heavy atom. The van der Waals surface area contributed by atoms with Crippen molar-refractivity contribution in [1.82, 2.24) is 20.3 Å². The van der Waals surface area contributed by atoms with Crippen molar-refractivity contribution in [3.8, 4) is 0 Å². The largest absolute Gasteiger partial charge is 0.480 e. The normalized spacial score (nSPS) is 12.0. The van der Waals surface area contributed by atoms with Crippen LogP contribution in [0.25, 0.3) is 10.9 Å². The molecule has 22 heavy (non-hydrogen) atoms. The molecule has 0 radical (unpaired) electrons. The Labute approximate surface area is 125 Å². The molecule has 1 aromatic heterocycles. The molecule has 8 heteroatoms. The molecular formula is C14H16N4O4. The van der Waals surface area contributed by atoms with Crippen LogP contribution >= 0.6 is 0 Å². The van der Waals surface area contributed by atoms with Gasteiger partial charge in [0, 0.05) is 6.42 Å². The average Bonchev–Trinajstić information content (AvgIpc) is 2.52. The van der Waals surface area contributed by atoms with E-state index in [1.807, 2.05) is 0 Å². The smallest absolute Gasteiger partial charge is 0.326 e. The van der Waals surface area contributed by atoms with E-state index in [0.717, 1.165) is 4.68 Å². The van der Waals surface area contributed by atoms with Gasteiger partial charge in [0.15, 0.2) is 0 Å². The molecule has 8 nitrogen and oxygen atoms in total. The Balaban J connectivity index is 2.06. The van der Waals surface area contributed by atoms with Crippen molar-refractivity contribution in [2.45, 2.75) is 32.4 Å². The molecule has 2 aromatic rings. The minimum atomic E-state index is -1.08. The third kappa shape index (κ3) is 3.46. The van der Waals surface area contributed by atoms with Crippen molar-refractivity contribution in [3.63, 3.8) is 0 Å². The number of nitrogens with zero attached hydrogens (tertiary/aromatic N) is 3. The van der Waals surface area contributed by atoms with Crippen LogP contribution in [-0.4, -0.2) is 38.0 Å². The first kappa shape index (κ1) is 15.6. The highest BCUT2D eigenvalue weighted by Crippen LogP contribution is 2.03. The third-order valence-corrected chi connectivity index (χ3v) is 3.22. The number of benzene rings is 1. The number of nitrogens with one attached hydrogen (secondary N) is 1. The van der Waals surface area contributed by atoms with Gasteiger partial charge in [-0.05, 0) is 18.6 Å². The minimum absolute atomic E-state index is 0.0402. The van der Waals surface area contributed by atoms with E-state index in [0.29, 0.717) is 10.9 Å². The lowest BCUT2D eigenvalue weighted by molar-refractivity contribution is -0.141. The van der Waals surface area contributed by atoms with E-state index in [9.17, 15) is 14.4 Å². The number of carbonyl (C=O) groups excluding carboxylic acids is 1. The second kappa shape index (κ2) is 6.79. The number of amides is 1. The maximum absolute atomic E-state index is 12.2. The van der Waals surface area contributed by atoms with Crippen LogP contribution in [0.1, 0.15) is 19.8 Å². The van der Waals surface area contributed by atoms with Gasteiger partial charge in [0.05, 0.1) is 11.9 Å². The lowest BCUT2D eigenvalue weighted by Crippen LogP contribution is -2.41. The summed E-state index contributed by atoms with van der Waals surface area (Å²) in [6.07, 6.45) is 0.244.